The van der Waals surface area contributed by atoms with Gasteiger partial charge in [0.15, 0.2) is 5.82 Å². The molecule has 0 saturated heterocycles. The number of aryl methyl sites for hydroxylation is 2. The lowest BCUT2D eigenvalue weighted by Gasteiger charge is -2.07. The molecule has 0 aliphatic carbocycles. The van der Waals surface area contributed by atoms with Crippen LogP contribution < -0.4 is 10.6 Å². The van der Waals surface area contributed by atoms with Crippen molar-refractivity contribution in [2.75, 3.05) is 11.9 Å². The Morgan fingerprint density at radius 2 is 1.79 bits per heavy atom. The van der Waals surface area contributed by atoms with Crippen molar-refractivity contribution in [1.82, 2.24) is 15.5 Å². The van der Waals surface area contributed by atoms with E-state index < -0.39 is 11.8 Å². The van der Waals surface area contributed by atoms with Crippen molar-refractivity contribution in [3.63, 3.8) is 0 Å². The van der Waals surface area contributed by atoms with Crippen LogP contribution in [0, 0.1) is 13.8 Å². The predicted octanol–water partition coefficient (Wildman–Crippen LogP) is 2.11. The second kappa shape index (κ2) is 7.72. The Bertz CT molecular complexity index is 717. The number of aromatic nitrogens is 2. The monoisotopic (exact) mass is 330 g/mol. The summed E-state index contributed by atoms with van der Waals surface area (Å²) < 4.78 is 5.08. The van der Waals surface area contributed by atoms with Gasteiger partial charge in [0, 0.05) is 24.6 Å². The van der Waals surface area contributed by atoms with Gasteiger partial charge in [0.25, 0.3) is 0 Å². The highest BCUT2D eigenvalue weighted by Crippen LogP contribution is 2.13. The Balaban J connectivity index is 1.82. The number of anilines is 1. The fraction of sp³-hybridized carbons (Fsp3) is 0.412. The summed E-state index contributed by atoms with van der Waals surface area (Å²) in [5.41, 5.74) is 2.64. The number of nitrogens with zero attached hydrogens (tertiary/aromatic N) is 2. The third-order valence-electron chi connectivity index (χ3n) is 3.31. The average molecular weight is 330 g/mol. The lowest BCUT2D eigenvalue weighted by atomic mass is 10.1. The van der Waals surface area contributed by atoms with E-state index in [4.69, 9.17) is 4.52 Å². The van der Waals surface area contributed by atoms with Crippen LogP contribution >= 0.6 is 0 Å². The zero-order valence-corrected chi connectivity index (χ0v) is 14.3. The first-order chi connectivity index (χ1) is 11.3. The van der Waals surface area contributed by atoms with Gasteiger partial charge >= 0.3 is 11.8 Å². The van der Waals surface area contributed by atoms with Crippen LogP contribution in [0.1, 0.15) is 42.6 Å². The summed E-state index contributed by atoms with van der Waals surface area (Å²) in [4.78, 5) is 27.9. The molecule has 2 amide bonds. The average Bonchev–Trinajstić information content (AvgIpc) is 2.95. The minimum atomic E-state index is -0.701. The second-order valence-corrected chi connectivity index (χ2v) is 6.04. The summed E-state index contributed by atoms with van der Waals surface area (Å²) >= 11 is 0. The maximum Gasteiger partial charge on any atom is 0.313 e. The Kier molecular flexibility index (Phi) is 5.68. The third kappa shape index (κ3) is 4.91. The first kappa shape index (κ1) is 17.7. The SMILES string of the molecule is Cc1cc(C)cc(NC(=O)C(=O)NCCc2nc(C(C)C)no2)c1. The fourth-order valence-corrected chi connectivity index (χ4v) is 2.20. The van der Waals surface area contributed by atoms with Crippen LogP contribution in [0.3, 0.4) is 0 Å². The molecule has 0 aliphatic heterocycles. The van der Waals surface area contributed by atoms with Gasteiger partial charge in [0.1, 0.15) is 0 Å². The number of hydrogen-bond donors (Lipinski definition) is 2. The number of carbonyl (C=O) groups excluding carboxylic acids is 2. The highest BCUT2D eigenvalue weighted by Gasteiger charge is 2.15. The Hall–Kier alpha value is -2.70. The normalized spacial score (nSPS) is 10.7. The number of hydrogen-bond acceptors (Lipinski definition) is 5. The van der Waals surface area contributed by atoms with Crippen LogP contribution in [0.5, 0.6) is 0 Å². The molecule has 2 aromatic rings. The largest absolute Gasteiger partial charge is 0.347 e. The van der Waals surface area contributed by atoms with Gasteiger partial charge < -0.3 is 15.2 Å². The van der Waals surface area contributed by atoms with Gasteiger partial charge in [-0.3, -0.25) is 9.59 Å². The fourth-order valence-electron chi connectivity index (χ4n) is 2.20. The third-order valence-corrected chi connectivity index (χ3v) is 3.31. The van der Waals surface area contributed by atoms with Crippen LogP contribution in [0.15, 0.2) is 22.7 Å². The molecule has 0 saturated carbocycles. The minimum absolute atomic E-state index is 0.181. The van der Waals surface area contributed by atoms with E-state index in [2.05, 4.69) is 20.8 Å². The maximum atomic E-state index is 11.9. The van der Waals surface area contributed by atoms with Crippen molar-refractivity contribution < 1.29 is 14.1 Å². The standard InChI is InChI=1S/C17H22N4O3/c1-10(2)15-20-14(24-21-15)5-6-18-16(22)17(23)19-13-8-11(3)7-12(4)9-13/h7-10H,5-6H2,1-4H3,(H,18,22)(H,19,23). The van der Waals surface area contributed by atoms with Crippen LogP contribution in [-0.4, -0.2) is 28.5 Å². The van der Waals surface area contributed by atoms with Gasteiger partial charge in [-0.1, -0.05) is 25.1 Å². The molecule has 2 N–H and O–H groups in total. The highest BCUT2D eigenvalue weighted by molar-refractivity contribution is 6.39. The van der Waals surface area contributed by atoms with E-state index in [-0.39, 0.29) is 12.5 Å². The first-order valence-electron chi connectivity index (χ1n) is 7.85. The molecule has 24 heavy (non-hydrogen) atoms. The first-order valence-corrected chi connectivity index (χ1v) is 7.85. The minimum Gasteiger partial charge on any atom is -0.347 e. The van der Waals surface area contributed by atoms with Crippen molar-refractivity contribution in [2.24, 2.45) is 0 Å². The Morgan fingerprint density at radius 1 is 1.12 bits per heavy atom. The number of benzene rings is 1. The summed E-state index contributed by atoms with van der Waals surface area (Å²) in [6, 6.07) is 5.61. The van der Waals surface area contributed by atoms with E-state index in [0.717, 1.165) is 11.1 Å². The van der Waals surface area contributed by atoms with Crippen molar-refractivity contribution in [1.29, 1.82) is 0 Å². The van der Waals surface area contributed by atoms with Crippen LogP contribution in [0.2, 0.25) is 0 Å². The lowest BCUT2D eigenvalue weighted by Crippen LogP contribution is -2.36. The number of nitrogens with one attached hydrogen (secondary N) is 2. The van der Waals surface area contributed by atoms with Crippen molar-refractivity contribution in [2.45, 2.75) is 40.0 Å². The molecule has 128 valence electrons. The molecule has 1 aromatic carbocycles. The summed E-state index contributed by atoms with van der Waals surface area (Å²) in [5, 5.41) is 8.97. The number of carbonyl (C=O) groups is 2. The molecule has 7 nitrogen and oxygen atoms in total. The molecule has 1 heterocycles. The smallest absolute Gasteiger partial charge is 0.313 e. The highest BCUT2D eigenvalue weighted by atomic mass is 16.5. The van der Waals surface area contributed by atoms with Gasteiger partial charge in [-0.25, -0.2) is 0 Å². The molecule has 7 heteroatoms. The molecule has 0 fully saturated rings. The Labute approximate surface area is 140 Å². The molecule has 1 aromatic heterocycles. The predicted molar refractivity (Wildman–Crippen MR) is 89.6 cm³/mol. The van der Waals surface area contributed by atoms with E-state index in [1.807, 2.05) is 45.9 Å². The van der Waals surface area contributed by atoms with Crippen LogP contribution in [-0.2, 0) is 16.0 Å². The molecule has 0 radical (unpaired) electrons. The molecule has 0 unspecified atom stereocenters. The summed E-state index contributed by atoms with van der Waals surface area (Å²) in [7, 11) is 0. The van der Waals surface area contributed by atoms with E-state index in [9.17, 15) is 9.59 Å². The zero-order chi connectivity index (χ0) is 17.7. The summed E-state index contributed by atoms with van der Waals surface area (Å²) in [5.74, 6) is -0.149. The van der Waals surface area contributed by atoms with Crippen molar-refractivity contribution >= 4 is 17.5 Å². The molecule has 0 bridgehead atoms. The van der Waals surface area contributed by atoms with Gasteiger partial charge in [0.05, 0.1) is 0 Å². The van der Waals surface area contributed by atoms with Gasteiger partial charge in [0.2, 0.25) is 5.89 Å². The number of rotatable bonds is 5. The molecular formula is C17H22N4O3. The van der Waals surface area contributed by atoms with Gasteiger partial charge in [-0.15, -0.1) is 0 Å². The Morgan fingerprint density at radius 3 is 2.38 bits per heavy atom. The molecular weight excluding hydrogens is 308 g/mol. The van der Waals surface area contributed by atoms with E-state index in [0.29, 0.717) is 23.8 Å². The van der Waals surface area contributed by atoms with Crippen LogP contribution in [0.25, 0.3) is 0 Å². The molecule has 2 rings (SSSR count). The van der Waals surface area contributed by atoms with Crippen LogP contribution in [0.4, 0.5) is 5.69 Å². The summed E-state index contributed by atoms with van der Waals surface area (Å²) in [6.45, 7) is 8.04. The van der Waals surface area contributed by atoms with E-state index in [1.54, 1.807) is 0 Å². The molecule has 0 atom stereocenters. The maximum absolute atomic E-state index is 11.9. The molecule has 0 spiro atoms. The molecule has 0 aliphatic rings. The second-order valence-electron chi connectivity index (χ2n) is 6.04. The summed E-state index contributed by atoms with van der Waals surface area (Å²) in [6.07, 6.45) is 0.377. The van der Waals surface area contributed by atoms with Gasteiger partial charge in [-0.2, -0.15) is 4.98 Å². The quantitative estimate of drug-likeness (QED) is 0.818. The zero-order valence-electron chi connectivity index (χ0n) is 14.3. The van der Waals surface area contributed by atoms with Crippen molar-refractivity contribution in [3.05, 3.63) is 41.0 Å². The van der Waals surface area contributed by atoms with E-state index in [1.165, 1.54) is 0 Å². The number of amides is 2. The van der Waals surface area contributed by atoms with E-state index >= 15 is 0 Å². The topological polar surface area (TPSA) is 97.1 Å². The van der Waals surface area contributed by atoms with Crippen molar-refractivity contribution in [3.8, 4) is 0 Å². The lowest BCUT2D eigenvalue weighted by molar-refractivity contribution is -0.136. The van der Waals surface area contributed by atoms with Gasteiger partial charge in [-0.05, 0) is 37.1 Å².